The third-order valence-electron chi connectivity index (χ3n) is 8.12. The first-order valence-corrected chi connectivity index (χ1v) is 13.9. The Bertz CT molecular complexity index is 1710. The molecule has 4 heterocycles. The molecule has 0 spiro atoms. The summed E-state index contributed by atoms with van der Waals surface area (Å²) in [6.07, 6.45) is 8.57. The predicted molar refractivity (Wildman–Crippen MR) is 149 cm³/mol. The van der Waals surface area contributed by atoms with Crippen LogP contribution >= 0.6 is 11.6 Å². The molecule has 12 heteroatoms. The Morgan fingerprint density at radius 2 is 1.95 bits per heavy atom. The topological polar surface area (TPSA) is 111 Å². The number of aryl methyl sites for hydroxylation is 1. The van der Waals surface area contributed by atoms with Crippen molar-refractivity contribution in [2.75, 3.05) is 5.32 Å². The van der Waals surface area contributed by atoms with Crippen molar-refractivity contribution < 1.29 is 14.0 Å². The van der Waals surface area contributed by atoms with Gasteiger partial charge in [0.1, 0.15) is 12.2 Å². The van der Waals surface area contributed by atoms with Gasteiger partial charge in [-0.05, 0) is 66.3 Å². The Morgan fingerprint density at radius 1 is 1.12 bits per heavy atom. The van der Waals surface area contributed by atoms with Gasteiger partial charge in [-0.3, -0.25) is 9.59 Å². The van der Waals surface area contributed by atoms with Gasteiger partial charge < -0.3 is 14.8 Å². The van der Waals surface area contributed by atoms with Gasteiger partial charge in [0.05, 0.1) is 28.1 Å². The number of imidazole rings is 1. The smallest absolute Gasteiger partial charge is 0.247 e. The van der Waals surface area contributed by atoms with Crippen LogP contribution in [0.3, 0.4) is 0 Å². The van der Waals surface area contributed by atoms with Crippen molar-refractivity contribution in [3.8, 4) is 16.9 Å². The van der Waals surface area contributed by atoms with Gasteiger partial charge in [0.15, 0.2) is 5.82 Å². The van der Waals surface area contributed by atoms with E-state index in [-0.39, 0.29) is 40.4 Å². The summed E-state index contributed by atoms with van der Waals surface area (Å²) >= 11 is 6.15. The molecule has 208 valence electrons. The number of amides is 2. The predicted octanol–water partition coefficient (Wildman–Crippen LogP) is 4.72. The molecule has 2 aromatic heterocycles. The van der Waals surface area contributed by atoms with Gasteiger partial charge in [-0.2, -0.15) is 4.68 Å². The van der Waals surface area contributed by atoms with Crippen LogP contribution in [0, 0.1) is 11.7 Å². The van der Waals surface area contributed by atoms with Gasteiger partial charge in [0, 0.05) is 42.4 Å². The van der Waals surface area contributed by atoms with Crippen LogP contribution in [0.4, 0.5) is 10.1 Å². The summed E-state index contributed by atoms with van der Waals surface area (Å²) in [5.41, 5.74) is 3.48. The highest BCUT2D eigenvalue weighted by Gasteiger charge is 2.42. The maximum Gasteiger partial charge on any atom is 0.247 e. The minimum absolute atomic E-state index is 0.0353. The summed E-state index contributed by atoms with van der Waals surface area (Å²) in [4.78, 5) is 32.9. The van der Waals surface area contributed by atoms with Crippen molar-refractivity contribution in [2.45, 2.75) is 44.2 Å². The lowest BCUT2D eigenvalue weighted by Crippen LogP contribution is -2.40. The van der Waals surface area contributed by atoms with E-state index in [2.05, 4.69) is 20.8 Å². The zero-order valence-electron chi connectivity index (χ0n) is 22.2. The van der Waals surface area contributed by atoms with Crippen molar-refractivity contribution in [2.24, 2.45) is 13.0 Å². The van der Waals surface area contributed by atoms with E-state index >= 15 is 4.39 Å². The summed E-state index contributed by atoms with van der Waals surface area (Å²) in [7, 11) is 1.92. The van der Waals surface area contributed by atoms with Gasteiger partial charge >= 0.3 is 0 Å². The highest BCUT2D eigenvalue weighted by Crippen LogP contribution is 2.44. The van der Waals surface area contributed by atoms with Crippen LogP contribution in [0.15, 0.2) is 55.0 Å². The van der Waals surface area contributed by atoms with Crippen LogP contribution in [0.25, 0.3) is 22.5 Å². The van der Waals surface area contributed by atoms with Gasteiger partial charge in [-0.15, -0.1) is 5.10 Å². The summed E-state index contributed by atoms with van der Waals surface area (Å²) in [6.45, 7) is 0. The van der Waals surface area contributed by atoms with Crippen molar-refractivity contribution >= 4 is 34.7 Å². The normalized spacial score (nSPS) is 20.2. The summed E-state index contributed by atoms with van der Waals surface area (Å²) < 4.78 is 18.7. The molecule has 1 aliphatic carbocycles. The van der Waals surface area contributed by atoms with E-state index in [0.717, 1.165) is 48.5 Å². The molecular weight excluding hydrogens is 547 g/mol. The number of rotatable bonds is 6. The Morgan fingerprint density at radius 3 is 2.73 bits per heavy atom. The number of aromatic nitrogens is 6. The number of hydrogen-bond acceptors (Lipinski definition) is 6. The molecule has 0 bridgehead atoms. The molecule has 1 saturated heterocycles. The number of nitrogens with zero attached hydrogens (tertiary/aromatic N) is 7. The number of carbonyl (C=O) groups is 2. The summed E-state index contributed by atoms with van der Waals surface area (Å²) in [5, 5.41) is 14.2. The zero-order valence-corrected chi connectivity index (χ0v) is 22.9. The molecule has 3 aliphatic rings. The first-order valence-electron chi connectivity index (χ1n) is 13.6. The Balaban J connectivity index is 1.20. The maximum atomic E-state index is 15.4. The molecule has 10 nitrogen and oxygen atoms in total. The zero-order chi connectivity index (χ0) is 28.2. The number of anilines is 1. The van der Waals surface area contributed by atoms with Gasteiger partial charge in [-0.25, -0.2) is 9.37 Å². The molecule has 0 radical (unpaired) electrons. The van der Waals surface area contributed by atoms with Crippen LogP contribution in [-0.2, 0) is 16.6 Å². The quantitative estimate of drug-likeness (QED) is 0.358. The second-order valence-corrected chi connectivity index (χ2v) is 11.2. The molecule has 2 fully saturated rings. The van der Waals surface area contributed by atoms with E-state index < -0.39 is 5.82 Å². The minimum atomic E-state index is -0.608. The van der Waals surface area contributed by atoms with Gasteiger partial charge in [-0.1, -0.05) is 29.8 Å². The molecule has 4 aromatic rings. The van der Waals surface area contributed by atoms with E-state index in [1.54, 1.807) is 6.07 Å². The van der Waals surface area contributed by atoms with Crippen LogP contribution in [0.2, 0.25) is 5.02 Å². The van der Waals surface area contributed by atoms with Crippen molar-refractivity contribution in [1.29, 1.82) is 0 Å². The van der Waals surface area contributed by atoms with Crippen LogP contribution in [0.1, 0.15) is 49.5 Å². The third-order valence-corrected chi connectivity index (χ3v) is 8.41. The second-order valence-electron chi connectivity index (χ2n) is 10.8. The van der Waals surface area contributed by atoms with E-state index in [0.29, 0.717) is 17.7 Å². The van der Waals surface area contributed by atoms with E-state index in [1.165, 1.54) is 23.2 Å². The lowest BCUT2D eigenvalue weighted by atomic mass is 9.92. The van der Waals surface area contributed by atoms with Gasteiger partial charge in [0.25, 0.3) is 0 Å². The first-order chi connectivity index (χ1) is 19.9. The molecule has 2 atom stereocenters. The SMILES string of the molecule is Cn1cc(-c2ccccc2NC(=O)C2CC2)nc1[C@@H]1CC[C@@H]2CC(c3c(-n4cnnn4)ccc(Cl)c3F)=CC(=O)N21. The molecule has 1 N–H and O–H groups in total. The molecule has 2 aromatic carbocycles. The highest BCUT2D eigenvalue weighted by molar-refractivity contribution is 6.31. The molecular formula is C29H26ClFN8O2. The van der Waals surface area contributed by atoms with E-state index in [1.807, 2.05) is 47.0 Å². The lowest BCUT2D eigenvalue weighted by Gasteiger charge is -2.34. The number of tetrazole rings is 1. The van der Waals surface area contributed by atoms with Crippen LogP contribution in [0.5, 0.6) is 0 Å². The Labute approximate surface area is 239 Å². The lowest BCUT2D eigenvalue weighted by molar-refractivity contribution is -0.129. The highest BCUT2D eigenvalue weighted by atomic mass is 35.5. The fraction of sp³-hybridized carbons (Fsp3) is 0.310. The average Bonchev–Trinajstić information content (AvgIpc) is 3.32. The number of para-hydroxylation sites is 1. The van der Waals surface area contributed by atoms with Crippen molar-refractivity contribution in [3.05, 3.63) is 77.2 Å². The number of hydrogen-bond donors (Lipinski definition) is 1. The first kappa shape index (κ1) is 25.6. The number of nitrogens with one attached hydrogen (secondary N) is 1. The fourth-order valence-corrected chi connectivity index (χ4v) is 6.16. The molecule has 2 amide bonds. The molecule has 41 heavy (non-hydrogen) atoms. The summed E-state index contributed by atoms with van der Waals surface area (Å²) in [6, 6.07) is 10.4. The molecule has 0 unspecified atom stereocenters. The monoisotopic (exact) mass is 572 g/mol. The average molecular weight is 573 g/mol. The van der Waals surface area contributed by atoms with Crippen LogP contribution < -0.4 is 5.32 Å². The third kappa shape index (κ3) is 4.50. The number of benzene rings is 2. The second kappa shape index (κ2) is 9.91. The van der Waals surface area contributed by atoms with E-state index in [9.17, 15) is 9.59 Å². The van der Waals surface area contributed by atoms with Crippen molar-refractivity contribution in [3.63, 3.8) is 0 Å². The number of fused-ring (bicyclic) bond motifs is 1. The summed E-state index contributed by atoms with van der Waals surface area (Å²) in [5.74, 6) is 0.0722. The number of carbonyl (C=O) groups excluding carboxylic acids is 2. The maximum absolute atomic E-state index is 15.4. The standard InChI is InChI=1S/C29H26ClFN8O2/c1-37-14-22(19-4-2-3-5-21(19)34-29(41)16-6-7-16)33-28(37)24-10-8-18-12-17(13-25(40)39(18)24)26-23(38-15-32-35-36-38)11-9-20(30)27(26)31/h2-5,9,11,13-16,18,24H,6-8,10,12H2,1H3,(H,34,41)/t18-,24+/m1/s1. The largest absolute Gasteiger partial charge is 0.336 e. The van der Waals surface area contributed by atoms with Crippen LogP contribution in [-0.4, -0.2) is 52.5 Å². The molecule has 1 saturated carbocycles. The minimum Gasteiger partial charge on any atom is -0.336 e. The van der Waals surface area contributed by atoms with Gasteiger partial charge in [0.2, 0.25) is 11.8 Å². The Kier molecular flexibility index (Phi) is 6.19. The Hall–Kier alpha value is -4.38. The molecule has 7 rings (SSSR count). The number of halogens is 2. The fourth-order valence-electron chi connectivity index (χ4n) is 6.01. The van der Waals surface area contributed by atoms with E-state index in [4.69, 9.17) is 16.6 Å². The van der Waals surface area contributed by atoms with Crippen molar-refractivity contribution in [1.82, 2.24) is 34.7 Å². The molecule has 2 aliphatic heterocycles.